The van der Waals surface area contributed by atoms with Gasteiger partial charge in [0.1, 0.15) is 18.0 Å². The summed E-state index contributed by atoms with van der Waals surface area (Å²) in [4.78, 5) is 39.0. The molecule has 1 amide bonds. The molecular formula is C23H31N3O9S. The van der Waals surface area contributed by atoms with Crippen LogP contribution in [0.1, 0.15) is 27.7 Å². The van der Waals surface area contributed by atoms with Gasteiger partial charge in [-0.05, 0) is 52.0 Å². The van der Waals surface area contributed by atoms with Crippen LogP contribution >= 0.6 is 0 Å². The number of carbonyl (C=O) groups excluding carboxylic acids is 1. The van der Waals surface area contributed by atoms with Gasteiger partial charge in [-0.15, -0.1) is 5.92 Å². The summed E-state index contributed by atoms with van der Waals surface area (Å²) < 4.78 is 38.4. The Balaban J connectivity index is 2.16. The molecule has 12 nitrogen and oxygen atoms in total. The summed E-state index contributed by atoms with van der Waals surface area (Å²) in [6.07, 6.45) is -0.603. The maximum atomic E-state index is 12.8. The van der Waals surface area contributed by atoms with Crippen LogP contribution in [0, 0.1) is 11.8 Å². The molecule has 1 heterocycles. The predicted octanol–water partition coefficient (Wildman–Crippen LogP) is 0.828. The number of benzene rings is 1. The maximum absolute atomic E-state index is 12.8. The van der Waals surface area contributed by atoms with Crippen molar-refractivity contribution in [2.45, 2.75) is 43.7 Å². The normalized spacial score (nSPS) is 14.9. The molecule has 0 unspecified atom stereocenters. The van der Waals surface area contributed by atoms with Crippen molar-refractivity contribution < 1.29 is 42.5 Å². The Morgan fingerprint density at radius 2 is 1.58 bits per heavy atom. The summed E-state index contributed by atoms with van der Waals surface area (Å²) in [6.45, 7) is 5.73. The first kappa shape index (κ1) is 28.9. The molecule has 0 bridgehead atoms. The Labute approximate surface area is 210 Å². The number of nitrogens with zero attached hydrogens (tertiary/aromatic N) is 2. The Kier molecular flexibility index (Phi) is 9.31. The lowest BCUT2D eigenvalue weighted by atomic mass is 9.96. The second kappa shape index (κ2) is 11.6. The fourth-order valence-corrected chi connectivity index (χ4v) is 4.47. The zero-order valence-electron chi connectivity index (χ0n) is 20.6. The van der Waals surface area contributed by atoms with E-state index in [1.165, 1.54) is 29.2 Å². The van der Waals surface area contributed by atoms with E-state index in [-0.39, 0.29) is 37.7 Å². The van der Waals surface area contributed by atoms with Gasteiger partial charge in [0, 0.05) is 26.2 Å². The third kappa shape index (κ3) is 7.09. The summed E-state index contributed by atoms with van der Waals surface area (Å²) in [5.74, 6) is 2.28. The number of carboxylic acids is 2. The molecule has 0 aromatic heterocycles. The molecule has 0 saturated carbocycles. The fourth-order valence-electron chi connectivity index (χ4n) is 3.41. The van der Waals surface area contributed by atoms with E-state index in [0.29, 0.717) is 5.75 Å². The van der Waals surface area contributed by atoms with E-state index in [2.05, 4.69) is 16.6 Å². The lowest BCUT2D eigenvalue weighted by Gasteiger charge is -2.42. The summed E-state index contributed by atoms with van der Waals surface area (Å²) in [7, 11) is -4.26. The molecule has 1 fully saturated rings. The fraction of sp³-hybridized carbons (Fsp3) is 0.522. The van der Waals surface area contributed by atoms with E-state index in [9.17, 15) is 33.0 Å². The van der Waals surface area contributed by atoms with Gasteiger partial charge in [-0.3, -0.25) is 4.90 Å². The summed E-state index contributed by atoms with van der Waals surface area (Å²) in [5, 5.41) is 19.8. The van der Waals surface area contributed by atoms with Gasteiger partial charge >= 0.3 is 18.0 Å². The minimum absolute atomic E-state index is 0.00778. The number of hydrogen-bond donors (Lipinski definition) is 3. The van der Waals surface area contributed by atoms with Crippen molar-refractivity contribution in [1.29, 1.82) is 0 Å². The molecule has 36 heavy (non-hydrogen) atoms. The average molecular weight is 526 g/mol. The molecule has 3 N–H and O–H groups in total. The first-order valence-electron chi connectivity index (χ1n) is 11.0. The molecule has 1 aliphatic rings. The molecule has 0 atom stereocenters. The van der Waals surface area contributed by atoms with Gasteiger partial charge in [0.25, 0.3) is 0 Å². The van der Waals surface area contributed by atoms with Crippen LogP contribution < -0.4 is 9.46 Å². The standard InChI is InChI=1S/C23H31N3O9S/c1-5-6-15-34-17-7-9-18(10-8-17)36(32,33)24-16-23(19(27)28,20(29)30)26-13-11-25(12-14-26)21(31)35-22(2,3)4/h7-10,24H,11-16H2,1-4H3,(H,27,28)(H,29,30). The Hall–Kier alpha value is -3.34. The first-order chi connectivity index (χ1) is 16.7. The number of sulfonamides is 1. The minimum Gasteiger partial charge on any atom is -0.481 e. The lowest BCUT2D eigenvalue weighted by molar-refractivity contribution is -0.168. The van der Waals surface area contributed by atoms with Gasteiger partial charge in [0.2, 0.25) is 15.6 Å². The van der Waals surface area contributed by atoms with Crippen LogP contribution in [0.3, 0.4) is 0 Å². The largest absolute Gasteiger partial charge is 0.481 e. The zero-order valence-corrected chi connectivity index (χ0v) is 21.4. The van der Waals surface area contributed by atoms with E-state index >= 15 is 0 Å². The van der Waals surface area contributed by atoms with Gasteiger partial charge in [0.05, 0.1) is 11.4 Å². The smallest absolute Gasteiger partial charge is 0.410 e. The van der Waals surface area contributed by atoms with Gasteiger partial charge in [-0.2, -0.15) is 0 Å². The van der Waals surface area contributed by atoms with E-state index in [1.54, 1.807) is 27.7 Å². The first-order valence-corrected chi connectivity index (χ1v) is 12.5. The topological polar surface area (TPSA) is 163 Å². The van der Waals surface area contributed by atoms with E-state index in [1.807, 2.05) is 0 Å². The number of amides is 1. The summed E-state index contributed by atoms with van der Waals surface area (Å²) in [5.41, 5.74) is -3.32. The summed E-state index contributed by atoms with van der Waals surface area (Å²) in [6, 6.07) is 5.31. The molecule has 1 aromatic rings. The van der Waals surface area contributed by atoms with E-state index in [0.717, 1.165) is 4.90 Å². The number of hydrogen-bond acceptors (Lipinski definition) is 8. The molecule has 1 saturated heterocycles. The van der Waals surface area contributed by atoms with Crippen LogP contribution in [0.15, 0.2) is 29.2 Å². The van der Waals surface area contributed by atoms with Crippen molar-refractivity contribution in [3.63, 3.8) is 0 Å². The van der Waals surface area contributed by atoms with Gasteiger partial charge in [0.15, 0.2) is 0 Å². The number of nitrogens with one attached hydrogen (secondary N) is 1. The maximum Gasteiger partial charge on any atom is 0.410 e. The minimum atomic E-state index is -4.26. The van der Waals surface area contributed by atoms with Crippen LogP contribution in [0.2, 0.25) is 0 Å². The summed E-state index contributed by atoms with van der Waals surface area (Å²) >= 11 is 0. The van der Waals surface area contributed by atoms with Crippen LogP contribution in [0.25, 0.3) is 0 Å². The number of aliphatic carboxylic acids is 2. The van der Waals surface area contributed by atoms with Gasteiger partial charge < -0.3 is 24.6 Å². The van der Waals surface area contributed by atoms with E-state index < -0.39 is 45.7 Å². The Morgan fingerprint density at radius 1 is 1.03 bits per heavy atom. The van der Waals surface area contributed by atoms with Crippen molar-refractivity contribution in [2.75, 3.05) is 39.3 Å². The highest BCUT2D eigenvalue weighted by Gasteiger charge is 2.53. The average Bonchev–Trinajstić information content (AvgIpc) is 2.79. The molecule has 0 spiro atoms. The molecule has 2 rings (SSSR count). The Morgan fingerprint density at radius 3 is 2.06 bits per heavy atom. The van der Waals surface area contributed by atoms with Gasteiger partial charge in [-0.25, -0.2) is 27.5 Å². The second-order valence-electron chi connectivity index (χ2n) is 8.94. The highest BCUT2D eigenvalue weighted by molar-refractivity contribution is 7.89. The van der Waals surface area contributed by atoms with Crippen molar-refractivity contribution in [3.05, 3.63) is 24.3 Å². The number of rotatable bonds is 9. The molecule has 1 aromatic carbocycles. The van der Waals surface area contributed by atoms with Crippen molar-refractivity contribution in [3.8, 4) is 17.6 Å². The highest BCUT2D eigenvalue weighted by atomic mass is 32.2. The monoisotopic (exact) mass is 525 g/mol. The predicted molar refractivity (Wildman–Crippen MR) is 128 cm³/mol. The molecule has 0 radical (unpaired) electrons. The number of carbonyl (C=O) groups is 3. The van der Waals surface area contributed by atoms with Crippen LogP contribution in [-0.2, 0) is 24.3 Å². The second-order valence-corrected chi connectivity index (χ2v) is 10.7. The molecule has 1 aliphatic heterocycles. The molecule has 0 aliphatic carbocycles. The number of carboxylic acid groups (broad SMARTS) is 2. The van der Waals surface area contributed by atoms with E-state index in [4.69, 9.17) is 9.47 Å². The molecular weight excluding hydrogens is 494 g/mol. The van der Waals surface area contributed by atoms with Crippen molar-refractivity contribution >= 4 is 28.1 Å². The lowest BCUT2D eigenvalue weighted by Crippen LogP contribution is -2.69. The Bertz CT molecular complexity index is 1110. The number of ether oxygens (including phenoxy) is 2. The molecule has 198 valence electrons. The highest BCUT2D eigenvalue weighted by Crippen LogP contribution is 2.22. The van der Waals surface area contributed by atoms with Crippen LogP contribution in [0.4, 0.5) is 4.79 Å². The molecule has 13 heteroatoms. The quantitative estimate of drug-likeness (QED) is 0.311. The zero-order chi connectivity index (χ0) is 27.1. The van der Waals surface area contributed by atoms with Crippen LogP contribution in [0.5, 0.6) is 5.75 Å². The van der Waals surface area contributed by atoms with Crippen molar-refractivity contribution in [1.82, 2.24) is 14.5 Å². The van der Waals surface area contributed by atoms with Crippen LogP contribution in [-0.4, -0.2) is 96.9 Å². The third-order valence-electron chi connectivity index (χ3n) is 5.32. The third-order valence-corrected chi connectivity index (χ3v) is 6.74. The van der Waals surface area contributed by atoms with Gasteiger partial charge in [-0.1, -0.05) is 5.92 Å². The SMILES string of the molecule is CC#CCOc1ccc(S(=O)(=O)NCC(C(=O)O)(C(=O)O)N2CCN(C(=O)OC(C)(C)C)CC2)cc1. The van der Waals surface area contributed by atoms with Crippen molar-refractivity contribution in [2.24, 2.45) is 0 Å². The number of piperazine rings is 1.